The second-order valence-electron chi connectivity index (χ2n) is 7.70. The summed E-state index contributed by atoms with van der Waals surface area (Å²) >= 11 is 0. The van der Waals surface area contributed by atoms with Crippen LogP contribution >= 0.6 is 0 Å². The third-order valence-corrected chi connectivity index (χ3v) is 5.50. The molecule has 2 N–H and O–H groups in total. The van der Waals surface area contributed by atoms with Crippen molar-refractivity contribution in [1.29, 1.82) is 0 Å². The van der Waals surface area contributed by atoms with Gasteiger partial charge >= 0.3 is 0 Å². The Morgan fingerprint density at radius 2 is 1.88 bits per heavy atom. The fourth-order valence-electron chi connectivity index (χ4n) is 3.79. The Hall–Kier alpha value is -2.71. The highest BCUT2D eigenvalue weighted by Crippen LogP contribution is 2.27. The number of hydrogen-bond acceptors (Lipinski definition) is 6. The van der Waals surface area contributed by atoms with Crippen LogP contribution in [0.5, 0.6) is 11.5 Å². The summed E-state index contributed by atoms with van der Waals surface area (Å²) in [4.78, 5) is 7.26. The van der Waals surface area contributed by atoms with Gasteiger partial charge in [-0.05, 0) is 50.1 Å². The summed E-state index contributed by atoms with van der Waals surface area (Å²) in [5, 5.41) is 6.79. The summed E-state index contributed by atoms with van der Waals surface area (Å²) in [6.07, 6.45) is 0.842. The predicted molar refractivity (Wildman–Crippen MR) is 126 cm³/mol. The van der Waals surface area contributed by atoms with Gasteiger partial charge in [0.1, 0.15) is 11.5 Å². The molecule has 0 radical (unpaired) electrons. The molecular weight excluding hydrogens is 408 g/mol. The molecule has 0 spiro atoms. The van der Waals surface area contributed by atoms with Crippen molar-refractivity contribution < 1.29 is 18.6 Å². The average Bonchev–Trinajstić information content (AvgIpc) is 3.25. The molecule has 1 aromatic carbocycles. The van der Waals surface area contributed by atoms with Crippen molar-refractivity contribution in [3.63, 3.8) is 0 Å². The van der Waals surface area contributed by atoms with Gasteiger partial charge in [-0.25, -0.2) is 0 Å². The minimum absolute atomic E-state index is 0.0916. The number of methoxy groups -OCH3 is 2. The highest BCUT2D eigenvalue weighted by Gasteiger charge is 2.25. The molecule has 1 aliphatic heterocycles. The fraction of sp³-hybridized carbons (Fsp3) is 0.542. The SMILES string of the molecule is CCNC(=NCC(c1ccc(C)o1)N1CCOCC1)NCCc1ccc(OC)c(OC)c1. The zero-order chi connectivity index (χ0) is 22.8. The molecule has 176 valence electrons. The Labute approximate surface area is 190 Å². The van der Waals surface area contributed by atoms with E-state index in [-0.39, 0.29) is 6.04 Å². The number of morpholine rings is 1. The summed E-state index contributed by atoms with van der Waals surface area (Å²) in [6.45, 7) is 9.44. The molecule has 32 heavy (non-hydrogen) atoms. The van der Waals surface area contributed by atoms with Crippen molar-refractivity contribution in [1.82, 2.24) is 15.5 Å². The first-order valence-corrected chi connectivity index (χ1v) is 11.3. The number of furan rings is 1. The maximum absolute atomic E-state index is 5.96. The van der Waals surface area contributed by atoms with Gasteiger partial charge in [0.2, 0.25) is 0 Å². The van der Waals surface area contributed by atoms with Crippen molar-refractivity contribution in [2.24, 2.45) is 4.99 Å². The molecule has 1 aromatic heterocycles. The van der Waals surface area contributed by atoms with Gasteiger partial charge in [-0.15, -0.1) is 0 Å². The molecular formula is C24H36N4O4. The van der Waals surface area contributed by atoms with Gasteiger partial charge in [-0.1, -0.05) is 6.07 Å². The number of nitrogens with one attached hydrogen (secondary N) is 2. The molecule has 1 saturated heterocycles. The predicted octanol–water partition coefficient (Wildman–Crippen LogP) is 2.78. The smallest absolute Gasteiger partial charge is 0.191 e. The van der Waals surface area contributed by atoms with Gasteiger partial charge in [-0.3, -0.25) is 9.89 Å². The third kappa shape index (κ3) is 6.64. The number of benzene rings is 1. The fourth-order valence-corrected chi connectivity index (χ4v) is 3.79. The first kappa shape index (κ1) is 23.9. The molecule has 1 atom stereocenters. The van der Waals surface area contributed by atoms with Gasteiger partial charge < -0.3 is 29.3 Å². The highest BCUT2D eigenvalue weighted by atomic mass is 16.5. The number of hydrogen-bond donors (Lipinski definition) is 2. The lowest BCUT2D eigenvalue weighted by Crippen LogP contribution is -2.42. The van der Waals surface area contributed by atoms with E-state index in [2.05, 4.69) is 34.6 Å². The monoisotopic (exact) mass is 444 g/mol. The summed E-state index contributed by atoms with van der Waals surface area (Å²) in [7, 11) is 3.30. The van der Waals surface area contributed by atoms with Crippen molar-refractivity contribution >= 4 is 5.96 Å². The second-order valence-corrected chi connectivity index (χ2v) is 7.70. The minimum atomic E-state index is 0.0916. The second kappa shape index (κ2) is 12.4. The molecule has 8 nitrogen and oxygen atoms in total. The van der Waals surface area contributed by atoms with Crippen molar-refractivity contribution in [2.75, 3.05) is 60.2 Å². The number of nitrogens with zero attached hydrogens (tertiary/aromatic N) is 2. The summed E-state index contributed by atoms with van der Waals surface area (Å²) in [5.74, 6) is 4.15. The van der Waals surface area contributed by atoms with Crippen LogP contribution in [-0.4, -0.2) is 71.0 Å². The maximum atomic E-state index is 5.96. The van der Waals surface area contributed by atoms with Crippen molar-refractivity contribution in [3.8, 4) is 11.5 Å². The van der Waals surface area contributed by atoms with Crippen LogP contribution in [0.3, 0.4) is 0 Å². The van der Waals surface area contributed by atoms with Crippen LogP contribution in [0.25, 0.3) is 0 Å². The zero-order valence-corrected chi connectivity index (χ0v) is 19.6. The lowest BCUT2D eigenvalue weighted by molar-refractivity contribution is 0.0135. The van der Waals surface area contributed by atoms with Gasteiger partial charge in [0, 0.05) is 26.2 Å². The first-order chi connectivity index (χ1) is 15.6. The van der Waals surface area contributed by atoms with Crippen LogP contribution in [0.1, 0.15) is 30.0 Å². The Kier molecular flexibility index (Phi) is 9.25. The van der Waals surface area contributed by atoms with Crippen LogP contribution in [0.15, 0.2) is 39.7 Å². The standard InChI is InChI=1S/C24H36N4O4/c1-5-25-24(26-11-10-19-7-9-22(29-3)23(16-19)30-4)27-17-20(21-8-6-18(2)32-21)28-12-14-31-15-13-28/h6-9,16,20H,5,10-15,17H2,1-4H3,(H2,25,26,27). The van der Waals surface area contributed by atoms with Crippen LogP contribution in [0.2, 0.25) is 0 Å². The zero-order valence-electron chi connectivity index (χ0n) is 19.6. The van der Waals surface area contributed by atoms with E-state index in [1.54, 1.807) is 14.2 Å². The third-order valence-electron chi connectivity index (χ3n) is 5.50. The van der Waals surface area contributed by atoms with E-state index in [1.165, 1.54) is 5.56 Å². The number of rotatable bonds is 10. The first-order valence-electron chi connectivity index (χ1n) is 11.3. The minimum Gasteiger partial charge on any atom is -0.493 e. The number of guanidine groups is 1. The highest BCUT2D eigenvalue weighted by molar-refractivity contribution is 5.79. The normalized spacial score (nSPS) is 15.9. The molecule has 0 aliphatic carbocycles. The molecule has 8 heteroatoms. The van der Waals surface area contributed by atoms with E-state index in [9.17, 15) is 0 Å². The largest absolute Gasteiger partial charge is 0.493 e. The number of ether oxygens (including phenoxy) is 3. The van der Waals surface area contributed by atoms with Crippen molar-refractivity contribution in [2.45, 2.75) is 26.3 Å². The van der Waals surface area contributed by atoms with Gasteiger partial charge in [0.15, 0.2) is 17.5 Å². The van der Waals surface area contributed by atoms with Gasteiger partial charge in [-0.2, -0.15) is 0 Å². The average molecular weight is 445 g/mol. The number of aryl methyl sites for hydroxylation is 1. The molecule has 2 aromatic rings. The topological polar surface area (TPSA) is 80.5 Å². The Bertz CT molecular complexity index is 861. The lowest BCUT2D eigenvalue weighted by atomic mass is 10.1. The Morgan fingerprint density at radius 1 is 1.09 bits per heavy atom. The van der Waals surface area contributed by atoms with Gasteiger partial charge in [0.25, 0.3) is 0 Å². The molecule has 1 unspecified atom stereocenters. The van der Waals surface area contributed by atoms with E-state index in [0.717, 1.165) is 74.8 Å². The van der Waals surface area contributed by atoms with E-state index in [4.69, 9.17) is 23.6 Å². The molecule has 0 amide bonds. The van der Waals surface area contributed by atoms with Gasteiger partial charge in [0.05, 0.1) is 40.0 Å². The van der Waals surface area contributed by atoms with Crippen LogP contribution < -0.4 is 20.1 Å². The van der Waals surface area contributed by atoms with Crippen LogP contribution in [-0.2, 0) is 11.2 Å². The van der Waals surface area contributed by atoms with E-state index >= 15 is 0 Å². The lowest BCUT2D eigenvalue weighted by Gasteiger charge is -2.32. The Morgan fingerprint density at radius 3 is 2.53 bits per heavy atom. The molecule has 1 fully saturated rings. The quantitative estimate of drug-likeness (QED) is 0.431. The van der Waals surface area contributed by atoms with Crippen LogP contribution in [0.4, 0.5) is 0 Å². The number of aliphatic imine (C=N–C) groups is 1. The van der Waals surface area contributed by atoms with Crippen LogP contribution in [0, 0.1) is 6.92 Å². The molecule has 2 heterocycles. The summed E-state index contributed by atoms with van der Waals surface area (Å²) < 4.78 is 22.2. The summed E-state index contributed by atoms with van der Waals surface area (Å²) in [6, 6.07) is 10.2. The molecule has 0 bridgehead atoms. The van der Waals surface area contributed by atoms with E-state index < -0.39 is 0 Å². The Balaban J connectivity index is 1.63. The molecule has 1 aliphatic rings. The van der Waals surface area contributed by atoms with Crippen molar-refractivity contribution in [3.05, 3.63) is 47.4 Å². The molecule has 0 saturated carbocycles. The molecule has 3 rings (SSSR count). The van der Waals surface area contributed by atoms with E-state index in [1.807, 2.05) is 25.1 Å². The summed E-state index contributed by atoms with van der Waals surface area (Å²) in [5.41, 5.74) is 1.17. The maximum Gasteiger partial charge on any atom is 0.191 e. The van der Waals surface area contributed by atoms with E-state index in [0.29, 0.717) is 6.54 Å².